The fraction of sp³-hybridized carbons (Fsp3) is 0.273. The molecule has 2 fully saturated rings. The smallest absolute Gasteiger partial charge is 0.270 e. The third-order valence-corrected chi connectivity index (χ3v) is 8.58. The molecular formula is C33H34FN7O3. The number of aromatic amines is 1. The van der Waals surface area contributed by atoms with Crippen molar-refractivity contribution in [2.24, 2.45) is 5.41 Å². The Hall–Kier alpha value is -5.19. The average molecular weight is 596 g/mol. The summed E-state index contributed by atoms with van der Waals surface area (Å²) in [4.78, 5) is 40.1. The lowest BCUT2D eigenvalue weighted by atomic mass is 10.1. The van der Waals surface area contributed by atoms with Crippen LogP contribution in [0.2, 0.25) is 0 Å². The van der Waals surface area contributed by atoms with E-state index >= 15 is 0 Å². The third kappa shape index (κ3) is 5.72. The highest BCUT2D eigenvalue weighted by Gasteiger charge is 2.49. The molecule has 11 heteroatoms. The summed E-state index contributed by atoms with van der Waals surface area (Å²) in [5.74, 6) is 0.591. The molecule has 0 bridgehead atoms. The maximum absolute atomic E-state index is 13.4. The number of hydrazine groups is 1. The number of fused-ring (bicyclic) bond motifs is 1. The van der Waals surface area contributed by atoms with Crippen LogP contribution < -0.4 is 15.1 Å². The summed E-state index contributed by atoms with van der Waals surface area (Å²) in [5, 5.41) is 7.07. The first-order valence-electron chi connectivity index (χ1n) is 14.4. The molecule has 2 N–H and O–H groups in total. The quantitative estimate of drug-likeness (QED) is 0.141. The van der Waals surface area contributed by atoms with Crippen LogP contribution in [0, 0.1) is 11.2 Å². The molecule has 10 nitrogen and oxygen atoms in total. The number of nitrogens with zero attached hydrogens (tertiary/aromatic N) is 5. The van der Waals surface area contributed by atoms with E-state index < -0.39 is 0 Å². The van der Waals surface area contributed by atoms with Crippen LogP contribution in [0.5, 0.6) is 11.5 Å². The van der Waals surface area contributed by atoms with E-state index in [1.165, 1.54) is 37.2 Å². The van der Waals surface area contributed by atoms with Gasteiger partial charge in [0.2, 0.25) is 0 Å². The lowest BCUT2D eigenvalue weighted by Crippen LogP contribution is -2.36. The molecule has 1 spiro atoms. The Labute approximate surface area is 254 Å². The largest absolute Gasteiger partial charge is 0.455 e. The number of pyridine rings is 2. The van der Waals surface area contributed by atoms with E-state index in [2.05, 4.69) is 26.8 Å². The highest BCUT2D eigenvalue weighted by Crippen LogP contribution is 2.52. The molecule has 1 aliphatic heterocycles. The summed E-state index contributed by atoms with van der Waals surface area (Å²) in [7, 11) is 3.61. The van der Waals surface area contributed by atoms with Crippen molar-refractivity contribution in [3.8, 4) is 11.5 Å². The van der Waals surface area contributed by atoms with Gasteiger partial charge in [-0.1, -0.05) is 12.7 Å². The summed E-state index contributed by atoms with van der Waals surface area (Å²) in [6, 6.07) is 12.9. The van der Waals surface area contributed by atoms with E-state index in [-0.39, 0.29) is 17.6 Å². The van der Waals surface area contributed by atoms with E-state index in [0.717, 1.165) is 25.2 Å². The molecule has 6 rings (SSSR count). The van der Waals surface area contributed by atoms with Crippen LogP contribution >= 0.6 is 0 Å². The predicted octanol–water partition coefficient (Wildman–Crippen LogP) is 5.90. The number of hydrogen-bond donors (Lipinski definition) is 2. The second-order valence-electron chi connectivity index (χ2n) is 11.4. The van der Waals surface area contributed by atoms with E-state index in [1.54, 1.807) is 66.6 Å². The first-order valence-corrected chi connectivity index (χ1v) is 14.4. The molecular weight excluding hydrogens is 561 g/mol. The topological polar surface area (TPSA) is 107 Å². The van der Waals surface area contributed by atoms with Crippen molar-refractivity contribution in [2.45, 2.75) is 26.2 Å². The number of H-pyrrole nitrogens is 1. The number of carbonyl (C=O) groups is 2. The molecule has 226 valence electrons. The highest BCUT2D eigenvalue weighted by molar-refractivity contribution is 6.05. The van der Waals surface area contributed by atoms with Gasteiger partial charge in [0, 0.05) is 39.1 Å². The minimum Gasteiger partial charge on any atom is -0.455 e. The number of amides is 2. The van der Waals surface area contributed by atoms with Crippen molar-refractivity contribution in [3.63, 3.8) is 0 Å². The molecule has 1 aliphatic carbocycles. The third-order valence-electron chi connectivity index (χ3n) is 8.58. The molecule has 0 unspecified atom stereocenters. The Balaban J connectivity index is 1.12. The summed E-state index contributed by atoms with van der Waals surface area (Å²) in [5.41, 5.74) is 3.15. The van der Waals surface area contributed by atoms with Crippen molar-refractivity contribution in [2.75, 3.05) is 37.5 Å². The first kappa shape index (κ1) is 28.9. The molecule has 1 aromatic carbocycles. The van der Waals surface area contributed by atoms with Crippen LogP contribution in [0.1, 0.15) is 36.7 Å². The number of halogens is 1. The van der Waals surface area contributed by atoms with Gasteiger partial charge < -0.3 is 19.9 Å². The van der Waals surface area contributed by atoms with Crippen molar-refractivity contribution in [1.82, 2.24) is 24.9 Å². The highest BCUT2D eigenvalue weighted by atomic mass is 19.1. The number of aromatic nitrogens is 3. The normalized spacial score (nSPS) is 15.6. The van der Waals surface area contributed by atoms with E-state index in [1.807, 2.05) is 11.9 Å². The van der Waals surface area contributed by atoms with E-state index in [4.69, 9.17) is 4.74 Å². The van der Waals surface area contributed by atoms with Gasteiger partial charge in [0.25, 0.3) is 11.8 Å². The minimum absolute atomic E-state index is 0.0176. The molecule has 44 heavy (non-hydrogen) atoms. The fourth-order valence-electron chi connectivity index (χ4n) is 5.53. The number of anilines is 2. The van der Waals surface area contributed by atoms with Gasteiger partial charge in [0.1, 0.15) is 34.5 Å². The lowest BCUT2D eigenvalue weighted by Gasteiger charge is -2.33. The molecule has 2 aliphatic rings. The number of carbonyl (C=O) groups excluding carboxylic acids is 2. The van der Waals surface area contributed by atoms with Gasteiger partial charge in [0.05, 0.1) is 22.8 Å². The van der Waals surface area contributed by atoms with Crippen molar-refractivity contribution >= 4 is 34.4 Å². The maximum atomic E-state index is 13.4. The van der Waals surface area contributed by atoms with Gasteiger partial charge in [-0.2, -0.15) is 0 Å². The summed E-state index contributed by atoms with van der Waals surface area (Å²) in [6.45, 7) is 7.22. The summed E-state index contributed by atoms with van der Waals surface area (Å²) in [6.07, 6.45) is 8.10. The van der Waals surface area contributed by atoms with Crippen molar-refractivity contribution < 1.29 is 18.7 Å². The van der Waals surface area contributed by atoms with E-state index in [0.29, 0.717) is 50.7 Å². The van der Waals surface area contributed by atoms with Gasteiger partial charge in [-0.25, -0.2) is 14.4 Å². The van der Waals surface area contributed by atoms with Crippen LogP contribution in [0.4, 0.5) is 15.9 Å². The molecule has 1 saturated carbocycles. The Bertz CT molecular complexity index is 1760. The summed E-state index contributed by atoms with van der Waals surface area (Å²) < 4.78 is 19.5. The fourth-order valence-corrected chi connectivity index (χ4v) is 5.53. The molecule has 3 aromatic heterocycles. The van der Waals surface area contributed by atoms with Crippen LogP contribution in [0.3, 0.4) is 0 Å². The zero-order chi connectivity index (χ0) is 31.0. The van der Waals surface area contributed by atoms with Gasteiger partial charge in [-0.05, 0) is 80.1 Å². The first-order chi connectivity index (χ1) is 21.2. The predicted molar refractivity (Wildman–Crippen MR) is 167 cm³/mol. The second-order valence-corrected chi connectivity index (χ2v) is 11.4. The van der Waals surface area contributed by atoms with Crippen LogP contribution in [0.25, 0.3) is 11.0 Å². The van der Waals surface area contributed by atoms with Crippen LogP contribution in [-0.2, 0) is 4.79 Å². The zero-order valence-electron chi connectivity index (χ0n) is 24.9. The summed E-state index contributed by atoms with van der Waals surface area (Å²) >= 11 is 0. The number of rotatable bonds is 9. The Morgan fingerprint density at radius 2 is 1.89 bits per heavy atom. The molecule has 2 amide bonds. The molecule has 0 atom stereocenters. The zero-order valence-corrected chi connectivity index (χ0v) is 24.9. The molecule has 1 saturated heterocycles. The van der Waals surface area contributed by atoms with Gasteiger partial charge in [-0.15, -0.1) is 0 Å². The maximum Gasteiger partial charge on any atom is 0.270 e. The number of nitrogens with one attached hydrogen (secondary N) is 2. The Morgan fingerprint density at radius 1 is 1.11 bits per heavy atom. The van der Waals surface area contributed by atoms with Crippen LogP contribution in [0.15, 0.2) is 84.8 Å². The average Bonchev–Trinajstić information content (AvgIpc) is 3.43. The number of hydrogen-bond acceptors (Lipinski definition) is 7. The van der Waals surface area contributed by atoms with Gasteiger partial charge in [-0.3, -0.25) is 19.6 Å². The molecule has 0 radical (unpaired) electrons. The number of ether oxygens (including phenoxy) is 1. The SMILES string of the molecule is C=C/C(C(=O)Nc1ccc(Oc2ccnc3[nH]c(C(=O)N4CCC5(CC5)C4)cc23)cn1)=C(/C)N(C)N(C)c1ccc(F)cc1. The number of allylic oxidation sites excluding steroid dienone is 1. The second kappa shape index (κ2) is 11.5. The van der Waals surface area contributed by atoms with Crippen molar-refractivity contribution in [1.29, 1.82) is 0 Å². The molecule has 4 heterocycles. The number of benzene rings is 1. The monoisotopic (exact) mass is 595 g/mol. The van der Waals surface area contributed by atoms with Gasteiger partial charge >= 0.3 is 0 Å². The van der Waals surface area contributed by atoms with Crippen molar-refractivity contribution in [3.05, 3.63) is 96.4 Å². The standard InChI is InChI=1S/C33H34FN7O3/c1-5-25(21(2)39(3)40(4)23-8-6-22(34)7-9-23)31(42)38-29-11-10-24(19-36-29)44-28-12-16-35-30-26(28)18-27(37-30)32(43)41-17-15-33(20-41)13-14-33/h5-12,16,18-19H,1,13-15,17,20H2,2-4H3,(H,35,37)(H,36,38,42)/b25-21+. The Morgan fingerprint density at radius 3 is 2.55 bits per heavy atom. The van der Waals surface area contributed by atoms with Crippen LogP contribution in [-0.4, -0.2) is 63.9 Å². The molecule has 4 aromatic rings. The van der Waals surface area contributed by atoms with Gasteiger partial charge in [0.15, 0.2) is 0 Å². The minimum atomic E-state index is -0.385. The Kier molecular flexibility index (Phi) is 7.54. The number of likely N-dealkylation sites (tertiary alicyclic amines) is 1. The van der Waals surface area contributed by atoms with E-state index in [9.17, 15) is 14.0 Å². The lowest BCUT2D eigenvalue weighted by molar-refractivity contribution is -0.112.